The van der Waals surface area contributed by atoms with E-state index in [9.17, 15) is 9.59 Å². The molecule has 15 heavy (non-hydrogen) atoms. The first-order valence-electron chi connectivity index (χ1n) is 4.47. The summed E-state index contributed by atoms with van der Waals surface area (Å²) in [5.41, 5.74) is 1.19. The molecule has 0 amide bonds. The van der Waals surface area contributed by atoms with Crippen molar-refractivity contribution in [2.75, 3.05) is 0 Å². The van der Waals surface area contributed by atoms with Crippen LogP contribution < -0.4 is 0 Å². The largest absolute Gasteiger partial charge is 0.288 e. The van der Waals surface area contributed by atoms with E-state index in [-0.39, 0.29) is 10.2 Å². The molecule has 0 aliphatic rings. The lowest BCUT2D eigenvalue weighted by Crippen LogP contribution is -1.90. The van der Waals surface area contributed by atoms with E-state index in [4.69, 9.17) is 0 Å². The van der Waals surface area contributed by atoms with Gasteiger partial charge in [0.05, 0.1) is 0 Å². The van der Waals surface area contributed by atoms with Crippen molar-refractivity contribution in [3.63, 3.8) is 0 Å². The highest BCUT2D eigenvalue weighted by Gasteiger charge is 1.94. The van der Waals surface area contributed by atoms with Crippen LogP contribution >= 0.6 is 25.3 Å². The van der Waals surface area contributed by atoms with Gasteiger partial charge in [0.25, 0.3) is 0 Å². The number of hydrogen-bond acceptors (Lipinski definition) is 2. The lowest BCUT2D eigenvalue weighted by atomic mass is 10.1. The third-order valence-corrected chi connectivity index (χ3v) is 1.69. The van der Waals surface area contributed by atoms with E-state index in [1.807, 2.05) is 30.3 Å². The molecule has 0 heterocycles. The topological polar surface area (TPSA) is 34.1 Å². The zero-order chi connectivity index (χ0) is 11.7. The molecule has 0 unspecified atom stereocenters. The molecule has 0 radical (unpaired) electrons. The normalized spacial score (nSPS) is 8.73. The Kier molecular flexibility index (Phi) is 8.14. The van der Waals surface area contributed by atoms with Gasteiger partial charge in [0, 0.05) is 13.3 Å². The van der Waals surface area contributed by atoms with E-state index < -0.39 is 0 Å². The highest BCUT2D eigenvalue weighted by atomic mass is 32.1. The molecular formula is C11H14O2S2. The van der Waals surface area contributed by atoms with Gasteiger partial charge in [0.2, 0.25) is 0 Å². The molecule has 1 aromatic rings. The molecule has 0 fully saturated rings. The number of rotatable bonds is 3. The zero-order valence-electron chi connectivity index (χ0n) is 8.51. The summed E-state index contributed by atoms with van der Waals surface area (Å²) in [4.78, 5) is 19.8. The van der Waals surface area contributed by atoms with Crippen molar-refractivity contribution in [3.05, 3.63) is 35.9 Å². The molecule has 2 nitrogen and oxygen atoms in total. The molecular weight excluding hydrogens is 228 g/mol. The zero-order valence-corrected chi connectivity index (χ0v) is 10.3. The maximum Gasteiger partial charge on any atom is 0.186 e. The predicted molar refractivity (Wildman–Crippen MR) is 68.4 cm³/mol. The van der Waals surface area contributed by atoms with Gasteiger partial charge in [-0.15, -0.1) is 25.3 Å². The van der Waals surface area contributed by atoms with Crippen LogP contribution in [0, 0.1) is 0 Å². The standard InChI is InChI=1S/C9H10OS.C2H4OS/c10-9(11)7-6-8-4-2-1-3-5-8;1-2(3)4/h1-5H,6-7H2,(H,10,11);1H3,(H,3,4). The fourth-order valence-electron chi connectivity index (χ4n) is 0.896. The second-order valence-electron chi connectivity index (χ2n) is 2.90. The first-order chi connectivity index (χ1) is 7.02. The van der Waals surface area contributed by atoms with Crippen molar-refractivity contribution in [2.45, 2.75) is 19.8 Å². The fourth-order valence-corrected chi connectivity index (χ4v) is 1.01. The first kappa shape index (κ1) is 14.3. The van der Waals surface area contributed by atoms with Crippen molar-refractivity contribution < 1.29 is 9.59 Å². The van der Waals surface area contributed by atoms with E-state index in [1.54, 1.807) is 0 Å². The quantitative estimate of drug-likeness (QED) is 0.799. The number of carbonyl (C=O) groups excluding carboxylic acids is 2. The highest BCUT2D eigenvalue weighted by Crippen LogP contribution is 2.03. The molecule has 0 aliphatic carbocycles. The van der Waals surface area contributed by atoms with Crippen molar-refractivity contribution in [1.29, 1.82) is 0 Å². The van der Waals surface area contributed by atoms with Gasteiger partial charge in [0.15, 0.2) is 10.2 Å². The van der Waals surface area contributed by atoms with Crippen LogP contribution in [0.5, 0.6) is 0 Å². The Hall–Kier alpha value is -0.740. The summed E-state index contributed by atoms with van der Waals surface area (Å²) < 4.78 is 0. The molecule has 0 bridgehead atoms. The summed E-state index contributed by atoms with van der Waals surface area (Å²) >= 11 is 7.02. The molecule has 0 saturated carbocycles. The van der Waals surface area contributed by atoms with Crippen molar-refractivity contribution in [1.82, 2.24) is 0 Å². The molecule has 1 rings (SSSR count). The molecule has 0 saturated heterocycles. The van der Waals surface area contributed by atoms with Gasteiger partial charge in [0.1, 0.15) is 0 Å². The Balaban J connectivity index is 0.000000423. The summed E-state index contributed by atoms with van der Waals surface area (Å²) in [5, 5.41) is -0.186. The van der Waals surface area contributed by atoms with E-state index in [0.717, 1.165) is 6.42 Å². The SMILES string of the molecule is CC(=O)S.O=C(S)CCc1ccccc1. The Labute approximate surface area is 101 Å². The molecule has 1 aromatic carbocycles. The maximum atomic E-state index is 10.5. The lowest BCUT2D eigenvalue weighted by molar-refractivity contribution is -0.111. The van der Waals surface area contributed by atoms with Crippen LogP contribution in [0.3, 0.4) is 0 Å². The van der Waals surface area contributed by atoms with Crippen LogP contribution in [0.2, 0.25) is 0 Å². The van der Waals surface area contributed by atoms with Crippen LogP contribution in [-0.2, 0) is 16.0 Å². The maximum absolute atomic E-state index is 10.5. The number of hydrogen-bond donors (Lipinski definition) is 2. The highest BCUT2D eigenvalue weighted by molar-refractivity contribution is 7.96. The summed E-state index contributed by atoms with van der Waals surface area (Å²) in [6.45, 7) is 1.39. The lowest BCUT2D eigenvalue weighted by Gasteiger charge is -1.95. The van der Waals surface area contributed by atoms with Crippen LogP contribution in [0.25, 0.3) is 0 Å². The Morgan fingerprint density at radius 1 is 1.13 bits per heavy atom. The van der Waals surface area contributed by atoms with E-state index >= 15 is 0 Å². The number of benzene rings is 1. The summed E-state index contributed by atoms with van der Waals surface area (Å²) in [7, 11) is 0. The Morgan fingerprint density at radius 2 is 1.60 bits per heavy atom. The van der Waals surface area contributed by atoms with Gasteiger partial charge in [-0.2, -0.15) is 0 Å². The van der Waals surface area contributed by atoms with Crippen LogP contribution in [0.15, 0.2) is 30.3 Å². The second kappa shape index (κ2) is 8.56. The minimum Gasteiger partial charge on any atom is -0.288 e. The minimum absolute atomic E-state index is 0.0474. The molecule has 82 valence electrons. The third-order valence-electron chi connectivity index (χ3n) is 1.47. The van der Waals surface area contributed by atoms with Crippen LogP contribution in [0.1, 0.15) is 18.9 Å². The summed E-state index contributed by atoms with van der Waals surface area (Å²) in [6.07, 6.45) is 1.32. The van der Waals surface area contributed by atoms with Gasteiger partial charge >= 0.3 is 0 Å². The van der Waals surface area contributed by atoms with Gasteiger partial charge in [-0.25, -0.2) is 0 Å². The molecule has 0 spiro atoms. The van der Waals surface area contributed by atoms with Gasteiger partial charge in [-0.1, -0.05) is 30.3 Å². The smallest absolute Gasteiger partial charge is 0.186 e. The monoisotopic (exact) mass is 242 g/mol. The van der Waals surface area contributed by atoms with Gasteiger partial charge in [-0.05, 0) is 12.0 Å². The number of carbonyl (C=O) groups is 2. The van der Waals surface area contributed by atoms with Crippen LogP contribution in [-0.4, -0.2) is 10.2 Å². The Morgan fingerprint density at radius 3 is 2.00 bits per heavy atom. The average Bonchev–Trinajstić information content (AvgIpc) is 2.15. The van der Waals surface area contributed by atoms with Crippen LogP contribution in [0.4, 0.5) is 0 Å². The minimum atomic E-state index is -0.139. The summed E-state index contributed by atoms with van der Waals surface area (Å²) in [5.74, 6) is 0. The predicted octanol–water partition coefficient (Wildman–Crippen LogP) is 2.54. The molecule has 0 aromatic heterocycles. The van der Waals surface area contributed by atoms with Gasteiger partial charge in [-0.3, -0.25) is 9.59 Å². The number of thiol groups is 2. The molecule has 4 heteroatoms. The first-order valence-corrected chi connectivity index (χ1v) is 5.37. The molecule has 0 aliphatic heterocycles. The van der Waals surface area contributed by atoms with Crippen molar-refractivity contribution in [2.24, 2.45) is 0 Å². The third kappa shape index (κ3) is 11.2. The average molecular weight is 242 g/mol. The molecule has 0 atom stereocenters. The van der Waals surface area contributed by atoms with Crippen molar-refractivity contribution in [3.8, 4) is 0 Å². The van der Waals surface area contributed by atoms with E-state index in [2.05, 4.69) is 25.3 Å². The second-order valence-corrected chi connectivity index (χ2v) is 4.03. The molecule has 0 N–H and O–H groups in total. The van der Waals surface area contributed by atoms with E-state index in [0.29, 0.717) is 6.42 Å². The van der Waals surface area contributed by atoms with Crippen molar-refractivity contribution >= 4 is 35.5 Å². The Bertz CT molecular complexity index is 306. The van der Waals surface area contributed by atoms with Gasteiger partial charge < -0.3 is 0 Å². The van der Waals surface area contributed by atoms with E-state index in [1.165, 1.54) is 12.5 Å². The summed E-state index contributed by atoms with van der Waals surface area (Å²) in [6, 6.07) is 9.93. The number of aryl methyl sites for hydroxylation is 1. The fraction of sp³-hybridized carbons (Fsp3) is 0.273.